The number of aromatic nitrogens is 1. The molecule has 0 saturated heterocycles. The lowest BCUT2D eigenvalue weighted by Gasteiger charge is -2.27. The number of rotatable bonds is 9. The van der Waals surface area contributed by atoms with Gasteiger partial charge in [-0.3, -0.25) is 14.6 Å². The number of pyridine rings is 1. The summed E-state index contributed by atoms with van der Waals surface area (Å²) in [5, 5.41) is 10.7. The molecule has 2 heterocycles. The third-order valence-corrected chi connectivity index (χ3v) is 5.03. The summed E-state index contributed by atoms with van der Waals surface area (Å²) in [5.74, 6) is -0.0832. The zero-order chi connectivity index (χ0) is 22.5. The van der Waals surface area contributed by atoms with E-state index in [2.05, 4.69) is 18.8 Å². The van der Waals surface area contributed by atoms with Crippen molar-refractivity contribution in [2.24, 2.45) is 11.8 Å². The van der Waals surface area contributed by atoms with Gasteiger partial charge >= 0.3 is 0 Å². The molecule has 1 aliphatic heterocycles. The van der Waals surface area contributed by atoms with Gasteiger partial charge in [-0.15, -0.1) is 0 Å². The van der Waals surface area contributed by atoms with Crippen molar-refractivity contribution in [2.45, 2.75) is 46.7 Å². The Kier molecular flexibility index (Phi) is 7.10. The minimum atomic E-state index is -0.679. The van der Waals surface area contributed by atoms with Crippen molar-refractivity contribution in [3.05, 3.63) is 71.3 Å². The molecule has 0 aliphatic carbocycles. The summed E-state index contributed by atoms with van der Waals surface area (Å²) in [6.45, 7) is 8.81. The predicted molar refractivity (Wildman–Crippen MR) is 118 cm³/mol. The molecular formula is C25H30N2O4. The van der Waals surface area contributed by atoms with Gasteiger partial charge < -0.3 is 14.7 Å². The number of benzene rings is 1. The van der Waals surface area contributed by atoms with Crippen LogP contribution >= 0.6 is 0 Å². The fourth-order valence-electron chi connectivity index (χ4n) is 3.65. The third kappa shape index (κ3) is 5.32. The maximum atomic E-state index is 13.1. The third-order valence-electron chi connectivity index (χ3n) is 5.03. The van der Waals surface area contributed by atoms with Crippen molar-refractivity contribution in [1.29, 1.82) is 0 Å². The summed E-state index contributed by atoms with van der Waals surface area (Å²) in [6.07, 6.45) is 3.60. The van der Waals surface area contributed by atoms with Crippen molar-refractivity contribution in [3.63, 3.8) is 0 Å². The molecule has 1 amide bonds. The van der Waals surface area contributed by atoms with Gasteiger partial charge in [0, 0.05) is 25.4 Å². The lowest BCUT2D eigenvalue weighted by atomic mass is 9.92. The zero-order valence-electron chi connectivity index (χ0n) is 18.5. The molecule has 2 aromatic rings. The van der Waals surface area contributed by atoms with E-state index in [1.54, 1.807) is 18.5 Å². The van der Waals surface area contributed by atoms with Crippen LogP contribution in [-0.4, -0.2) is 33.3 Å². The topological polar surface area (TPSA) is 79.7 Å². The second kappa shape index (κ2) is 9.77. The van der Waals surface area contributed by atoms with E-state index in [0.717, 1.165) is 11.1 Å². The first kappa shape index (κ1) is 22.5. The first-order valence-electron chi connectivity index (χ1n) is 10.7. The second-order valence-corrected chi connectivity index (χ2v) is 8.76. The Bertz CT molecular complexity index is 966. The largest absolute Gasteiger partial charge is 0.503 e. The molecule has 1 atom stereocenters. The van der Waals surface area contributed by atoms with Crippen LogP contribution in [0.25, 0.3) is 0 Å². The molecule has 1 aromatic heterocycles. The molecular weight excluding hydrogens is 392 g/mol. The number of hydrogen-bond donors (Lipinski definition) is 1. The Balaban J connectivity index is 2.01. The van der Waals surface area contributed by atoms with E-state index in [-0.39, 0.29) is 30.2 Å². The van der Waals surface area contributed by atoms with Crippen LogP contribution < -0.4 is 4.74 Å². The molecule has 0 spiro atoms. The zero-order valence-corrected chi connectivity index (χ0v) is 18.5. The molecule has 0 radical (unpaired) electrons. The lowest BCUT2D eigenvalue weighted by Crippen LogP contribution is -2.30. The van der Waals surface area contributed by atoms with E-state index in [4.69, 9.17) is 4.74 Å². The van der Waals surface area contributed by atoms with Crippen LogP contribution in [0.5, 0.6) is 5.75 Å². The summed E-state index contributed by atoms with van der Waals surface area (Å²) in [7, 11) is 0. The summed E-state index contributed by atoms with van der Waals surface area (Å²) in [6, 6.07) is 10.4. The molecule has 1 N–H and O–H groups in total. The van der Waals surface area contributed by atoms with Crippen molar-refractivity contribution in [2.75, 3.05) is 6.61 Å². The van der Waals surface area contributed by atoms with Crippen molar-refractivity contribution >= 4 is 11.7 Å². The molecule has 0 fully saturated rings. The molecule has 6 nitrogen and oxygen atoms in total. The fourth-order valence-corrected chi connectivity index (χ4v) is 3.65. The average molecular weight is 423 g/mol. The molecule has 31 heavy (non-hydrogen) atoms. The second-order valence-electron chi connectivity index (χ2n) is 8.76. The molecule has 1 unspecified atom stereocenters. The monoisotopic (exact) mass is 422 g/mol. The van der Waals surface area contributed by atoms with Crippen LogP contribution in [0.15, 0.2) is 60.1 Å². The number of ether oxygens (including phenoxy) is 1. The number of hydrogen-bond acceptors (Lipinski definition) is 5. The van der Waals surface area contributed by atoms with E-state index in [9.17, 15) is 14.7 Å². The molecule has 0 saturated carbocycles. The van der Waals surface area contributed by atoms with Gasteiger partial charge in [-0.05, 0) is 41.2 Å². The highest BCUT2D eigenvalue weighted by atomic mass is 16.5. The minimum Gasteiger partial charge on any atom is -0.503 e. The van der Waals surface area contributed by atoms with E-state index < -0.39 is 17.7 Å². The Morgan fingerprint density at radius 3 is 2.58 bits per heavy atom. The Morgan fingerprint density at radius 2 is 1.94 bits per heavy atom. The maximum absolute atomic E-state index is 13.1. The van der Waals surface area contributed by atoms with Crippen LogP contribution in [0, 0.1) is 11.8 Å². The molecule has 0 bridgehead atoms. The number of carbonyl (C=O) groups is 2. The summed E-state index contributed by atoms with van der Waals surface area (Å²) >= 11 is 0. The molecule has 6 heteroatoms. The molecule has 3 rings (SSSR count). The van der Waals surface area contributed by atoms with Crippen molar-refractivity contribution < 1.29 is 19.4 Å². The predicted octanol–water partition coefficient (Wildman–Crippen LogP) is 4.63. The van der Waals surface area contributed by atoms with E-state index in [1.165, 1.54) is 4.90 Å². The van der Waals surface area contributed by atoms with Gasteiger partial charge in [0.2, 0.25) is 0 Å². The van der Waals surface area contributed by atoms with Crippen LogP contribution in [0.2, 0.25) is 0 Å². The SMILES string of the molecule is CC(C)COc1cccc(C2C(C(=O)CC(C)C)=C(O)C(=O)N2Cc2cccnc2)c1. The Hall–Kier alpha value is -3.15. The van der Waals surface area contributed by atoms with E-state index >= 15 is 0 Å². The number of nitrogens with zero attached hydrogens (tertiary/aromatic N) is 2. The average Bonchev–Trinajstić information content (AvgIpc) is 2.98. The number of aliphatic hydroxyl groups is 1. The quantitative estimate of drug-likeness (QED) is 0.637. The number of Topliss-reactive ketones (excluding diaryl/α,β-unsaturated/α-hetero) is 1. The van der Waals surface area contributed by atoms with Gasteiger partial charge in [-0.25, -0.2) is 0 Å². The Morgan fingerprint density at radius 1 is 1.16 bits per heavy atom. The van der Waals surface area contributed by atoms with Crippen molar-refractivity contribution in [1.82, 2.24) is 9.88 Å². The van der Waals surface area contributed by atoms with E-state index in [1.807, 2.05) is 44.2 Å². The Labute approximate surface area is 183 Å². The highest BCUT2D eigenvalue weighted by Crippen LogP contribution is 2.40. The first-order chi connectivity index (χ1) is 14.8. The number of ketones is 1. The van der Waals surface area contributed by atoms with Gasteiger partial charge in [-0.1, -0.05) is 45.9 Å². The van der Waals surface area contributed by atoms with Gasteiger partial charge in [0.05, 0.1) is 18.2 Å². The van der Waals surface area contributed by atoms with Gasteiger partial charge in [-0.2, -0.15) is 0 Å². The molecule has 164 valence electrons. The van der Waals surface area contributed by atoms with Crippen LogP contribution in [0.3, 0.4) is 0 Å². The number of aliphatic hydroxyl groups excluding tert-OH is 1. The standard InChI is InChI=1S/C25H30N2O4/c1-16(2)11-21(28)22-23(19-8-5-9-20(12-19)31-15-17(3)4)27(25(30)24(22)29)14-18-7-6-10-26-13-18/h5-10,12-13,16-17,23,29H,11,14-15H2,1-4H3. The van der Waals surface area contributed by atoms with Gasteiger partial charge in [0.15, 0.2) is 11.5 Å². The smallest absolute Gasteiger partial charge is 0.290 e. The summed E-state index contributed by atoms with van der Waals surface area (Å²) < 4.78 is 5.86. The minimum absolute atomic E-state index is 0.108. The number of carbonyl (C=O) groups excluding carboxylic acids is 2. The van der Waals surface area contributed by atoms with E-state index in [0.29, 0.717) is 18.3 Å². The first-order valence-corrected chi connectivity index (χ1v) is 10.7. The normalized spacial score (nSPS) is 16.5. The maximum Gasteiger partial charge on any atom is 0.290 e. The number of amides is 1. The highest BCUT2D eigenvalue weighted by Gasteiger charge is 2.43. The lowest BCUT2D eigenvalue weighted by molar-refractivity contribution is -0.130. The highest BCUT2D eigenvalue weighted by molar-refractivity contribution is 6.09. The van der Waals surface area contributed by atoms with Crippen LogP contribution in [0.4, 0.5) is 0 Å². The summed E-state index contributed by atoms with van der Waals surface area (Å²) in [4.78, 5) is 31.7. The van der Waals surface area contributed by atoms with Crippen molar-refractivity contribution in [3.8, 4) is 5.75 Å². The van der Waals surface area contributed by atoms with Crippen LogP contribution in [-0.2, 0) is 16.1 Å². The molecule has 1 aromatic carbocycles. The van der Waals surface area contributed by atoms with Crippen LogP contribution in [0.1, 0.15) is 51.3 Å². The van der Waals surface area contributed by atoms with Gasteiger partial charge in [0.1, 0.15) is 5.75 Å². The fraction of sp³-hybridized carbons (Fsp3) is 0.400. The van der Waals surface area contributed by atoms with Gasteiger partial charge in [0.25, 0.3) is 5.91 Å². The molecule has 1 aliphatic rings. The summed E-state index contributed by atoms with van der Waals surface area (Å²) in [5.41, 5.74) is 1.71.